The monoisotopic (exact) mass is 305 g/mol. The highest BCUT2D eigenvalue weighted by atomic mass is 16.5. The molecule has 0 spiro atoms. The average Bonchev–Trinajstić information content (AvgIpc) is 2.46. The number of carbonyl (C=O) groups excluding carboxylic acids is 1. The van der Waals surface area contributed by atoms with Crippen LogP contribution in [0.25, 0.3) is 0 Å². The van der Waals surface area contributed by atoms with E-state index in [-0.39, 0.29) is 17.4 Å². The van der Waals surface area contributed by atoms with Crippen molar-refractivity contribution in [3.63, 3.8) is 0 Å². The predicted molar refractivity (Wildman–Crippen MR) is 92.3 cm³/mol. The molecule has 0 saturated carbocycles. The van der Waals surface area contributed by atoms with E-state index < -0.39 is 0 Å². The maximum absolute atomic E-state index is 12.2. The topological polar surface area (TPSA) is 38.3 Å². The van der Waals surface area contributed by atoms with Crippen molar-refractivity contribution >= 4 is 5.91 Å². The first kappa shape index (κ1) is 18.5. The Morgan fingerprint density at radius 1 is 1.32 bits per heavy atom. The van der Waals surface area contributed by atoms with E-state index in [1.165, 1.54) is 5.56 Å². The smallest absolute Gasteiger partial charge is 0.225 e. The number of rotatable bonds is 8. The summed E-state index contributed by atoms with van der Waals surface area (Å²) in [7, 11) is 0. The van der Waals surface area contributed by atoms with Crippen molar-refractivity contribution in [2.24, 2.45) is 5.41 Å². The van der Waals surface area contributed by atoms with Crippen molar-refractivity contribution in [1.82, 2.24) is 5.32 Å². The predicted octanol–water partition coefficient (Wildman–Crippen LogP) is 4.40. The van der Waals surface area contributed by atoms with Gasteiger partial charge in [-0.15, -0.1) is 0 Å². The minimum Gasteiger partial charge on any atom is -0.493 e. The number of amides is 1. The van der Waals surface area contributed by atoms with Crippen LogP contribution < -0.4 is 10.1 Å². The zero-order valence-electron chi connectivity index (χ0n) is 15.0. The third kappa shape index (κ3) is 5.70. The van der Waals surface area contributed by atoms with Crippen LogP contribution in [0.5, 0.6) is 5.75 Å². The van der Waals surface area contributed by atoms with Gasteiger partial charge in [-0.05, 0) is 57.2 Å². The highest BCUT2D eigenvalue weighted by Crippen LogP contribution is 2.24. The molecular weight excluding hydrogens is 274 g/mol. The van der Waals surface area contributed by atoms with Crippen LogP contribution in [-0.4, -0.2) is 18.6 Å². The molecule has 0 aliphatic rings. The van der Waals surface area contributed by atoms with Crippen LogP contribution in [0.3, 0.4) is 0 Å². The molecule has 3 nitrogen and oxygen atoms in total. The van der Waals surface area contributed by atoms with Gasteiger partial charge in [-0.1, -0.05) is 32.9 Å². The second-order valence-electron chi connectivity index (χ2n) is 6.89. The minimum absolute atomic E-state index is 0.133. The van der Waals surface area contributed by atoms with Gasteiger partial charge in [0.05, 0.1) is 6.61 Å². The summed E-state index contributed by atoms with van der Waals surface area (Å²) in [5, 5.41) is 3.07. The lowest BCUT2D eigenvalue weighted by atomic mass is 9.86. The van der Waals surface area contributed by atoms with Crippen LogP contribution in [0.1, 0.15) is 58.1 Å². The van der Waals surface area contributed by atoms with Gasteiger partial charge in [-0.3, -0.25) is 4.79 Å². The summed E-state index contributed by atoms with van der Waals surface area (Å²) in [5.74, 6) is 1.08. The summed E-state index contributed by atoms with van der Waals surface area (Å²) in [5.41, 5.74) is 2.00. The molecule has 1 N–H and O–H groups in total. The number of ether oxygens (including phenoxy) is 1. The fraction of sp³-hybridized carbons (Fsp3) is 0.632. The van der Waals surface area contributed by atoms with Gasteiger partial charge in [0.15, 0.2) is 0 Å². The lowest BCUT2D eigenvalue weighted by molar-refractivity contribution is -0.130. The Balaban J connectivity index is 2.42. The molecule has 0 fully saturated rings. The molecule has 0 radical (unpaired) electrons. The molecule has 1 atom stereocenters. The van der Waals surface area contributed by atoms with E-state index in [0.717, 1.165) is 30.6 Å². The first-order valence-electron chi connectivity index (χ1n) is 8.27. The highest BCUT2D eigenvalue weighted by molar-refractivity contribution is 5.81. The molecule has 0 saturated heterocycles. The molecule has 0 aliphatic carbocycles. The van der Waals surface area contributed by atoms with Gasteiger partial charge < -0.3 is 10.1 Å². The summed E-state index contributed by atoms with van der Waals surface area (Å²) >= 11 is 0. The second kappa shape index (κ2) is 8.21. The Kier molecular flexibility index (Phi) is 6.92. The molecule has 0 heterocycles. The molecule has 22 heavy (non-hydrogen) atoms. The molecule has 0 aromatic heterocycles. The summed E-state index contributed by atoms with van der Waals surface area (Å²) in [6, 6.07) is 6.47. The van der Waals surface area contributed by atoms with Gasteiger partial charge in [0.1, 0.15) is 5.75 Å². The largest absolute Gasteiger partial charge is 0.493 e. The van der Waals surface area contributed by atoms with Crippen molar-refractivity contribution < 1.29 is 9.53 Å². The van der Waals surface area contributed by atoms with Crippen molar-refractivity contribution in [2.75, 3.05) is 6.61 Å². The van der Waals surface area contributed by atoms with Crippen molar-refractivity contribution in [3.8, 4) is 5.75 Å². The van der Waals surface area contributed by atoms with Crippen LogP contribution in [0.2, 0.25) is 0 Å². The molecule has 0 bridgehead atoms. The van der Waals surface area contributed by atoms with Gasteiger partial charge >= 0.3 is 0 Å². The van der Waals surface area contributed by atoms with Gasteiger partial charge in [0.25, 0.3) is 0 Å². The van der Waals surface area contributed by atoms with Crippen LogP contribution >= 0.6 is 0 Å². The fourth-order valence-corrected chi connectivity index (χ4v) is 2.19. The van der Waals surface area contributed by atoms with E-state index in [2.05, 4.69) is 44.3 Å². The highest BCUT2D eigenvalue weighted by Gasteiger charge is 2.27. The van der Waals surface area contributed by atoms with Crippen molar-refractivity contribution in [1.29, 1.82) is 0 Å². The van der Waals surface area contributed by atoms with Crippen molar-refractivity contribution in [2.45, 2.75) is 66.8 Å². The SMILES string of the molecule is CCC(C)NC(=O)C(C)(C)CCCOc1cc(C)ccc1C. The number of hydrogen-bond donors (Lipinski definition) is 1. The molecule has 1 amide bonds. The standard InChI is InChI=1S/C19H31NO2/c1-7-16(4)20-18(21)19(5,6)11-8-12-22-17-13-14(2)9-10-15(17)3/h9-10,13,16H,7-8,11-12H2,1-6H3,(H,20,21). The van der Waals surface area contributed by atoms with Crippen LogP contribution in [0.15, 0.2) is 18.2 Å². The normalized spacial score (nSPS) is 12.8. The zero-order chi connectivity index (χ0) is 16.8. The Labute approximate surface area is 135 Å². The van der Waals surface area contributed by atoms with E-state index >= 15 is 0 Å². The molecule has 3 heteroatoms. The summed E-state index contributed by atoms with van der Waals surface area (Å²) in [6.45, 7) is 12.9. The number of carbonyl (C=O) groups is 1. The maximum Gasteiger partial charge on any atom is 0.225 e. The van der Waals surface area contributed by atoms with Crippen LogP contribution in [0.4, 0.5) is 0 Å². The van der Waals surface area contributed by atoms with Gasteiger partial charge in [-0.2, -0.15) is 0 Å². The third-order valence-corrected chi connectivity index (χ3v) is 4.15. The zero-order valence-corrected chi connectivity index (χ0v) is 15.0. The lowest BCUT2D eigenvalue weighted by Gasteiger charge is -2.25. The fourth-order valence-electron chi connectivity index (χ4n) is 2.19. The average molecular weight is 305 g/mol. The first-order valence-corrected chi connectivity index (χ1v) is 8.27. The lowest BCUT2D eigenvalue weighted by Crippen LogP contribution is -2.41. The Bertz CT molecular complexity index is 494. The van der Waals surface area contributed by atoms with Gasteiger partial charge in [-0.25, -0.2) is 0 Å². The molecule has 1 aromatic carbocycles. The Morgan fingerprint density at radius 3 is 2.64 bits per heavy atom. The number of benzene rings is 1. The maximum atomic E-state index is 12.2. The molecule has 1 aromatic rings. The summed E-state index contributed by atoms with van der Waals surface area (Å²) < 4.78 is 5.86. The summed E-state index contributed by atoms with van der Waals surface area (Å²) in [6.07, 6.45) is 2.64. The molecule has 1 rings (SSSR count). The molecular formula is C19H31NO2. The number of aryl methyl sites for hydroxylation is 2. The van der Waals surface area contributed by atoms with Gasteiger partial charge in [0.2, 0.25) is 5.91 Å². The summed E-state index contributed by atoms with van der Waals surface area (Å²) in [4.78, 5) is 12.2. The Hall–Kier alpha value is -1.51. The molecule has 0 aliphatic heterocycles. The minimum atomic E-state index is -0.353. The van der Waals surface area contributed by atoms with E-state index in [4.69, 9.17) is 4.74 Å². The number of hydrogen-bond acceptors (Lipinski definition) is 2. The van der Waals surface area contributed by atoms with E-state index in [0.29, 0.717) is 6.61 Å². The van der Waals surface area contributed by atoms with Gasteiger partial charge in [0, 0.05) is 11.5 Å². The van der Waals surface area contributed by atoms with Crippen molar-refractivity contribution in [3.05, 3.63) is 29.3 Å². The van der Waals surface area contributed by atoms with E-state index in [1.54, 1.807) is 0 Å². The van der Waals surface area contributed by atoms with E-state index in [9.17, 15) is 4.79 Å². The quantitative estimate of drug-likeness (QED) is 0.723. The molecule has 1 unspecified atom stereocenters. The Morgan fingerprint density at radius 2 is 2.00 bits per heavy atom. The first-order chi connectivity index (χ1) is 10.3. The van der Waals surface area contributed by atoms with Crippen LogP contribution in [0, 0.1) is 19.3 Å². The van der Waals surface area contributed by atoms with E-state index in [1.807, 2.05) is 20.8 Å². The third-order valence-electron chi connectivity index (χ3n) is 4.15. The number of nitrogens with one attached hydrogen (secondary N) is 1. The van der Waals surface area contributed by atoms with Crippen LogP contribution in [-0.2, 0) is 4.79 Å². The molecule has 124 valence electrons. The second-order valence-corrected chi connectivity index (χ2v) is 6.89.